The molecule has 0 unspecified atom stereocenters. The second-order valence-electron chi connectivity index (χ2n) is 6.42. The molecule has 1 fully saturated rings. The third-order valence-corrected chi connectivity index (χ3v) is 5.23. The summed E-state index contributed by atoms with van der Waals surface area (Å²) in [6, 6.07) is 14.8. The van der Waals surface area contributed by atoms with E-state index >= 15 is 0 Å². The Morgan fingerprint density at radius 1 is 1.00 bits per heavy atom. The smallest absolute Gasteiger partial charge is 0.142 e. The van der Waals surface area contributed by atoms with Crippen molar-refractivity contribution < 1.29 is 15.3 Å². The molecule has 0 amide bonds. The number of hydrogen-bond acceptors (Lipinski definition) is 9. The Kier molecular flexibility index (Phi) is 7.46. The lowest BCUT2D eigenvalue weighted by Gasteiger charge is -2.37. The average molecular weight is 421 g/mol. The van der Waals surface area contributed by atoms with Gasteiger partial charge in [-0.15, -0.1) is 30.5 Å². The van der Waals surface area contributed by atoms with Crippen LogP contribution in [0.4, 0.5) is 11.4 Å². The summed E-state index contributed by atoms with van der Waals surface area (Å²) in [6.07, 6.45) is 1.67. The highest BCUT2D eigenvalue weighted by atomic mass is 32.2. The van der Waals surface area contributed by atoms with Gasteiger partial charge in [-0.2, -0.15) is 0 Å². The minimum atomic E-state index is -0.00211. The maximum absolute atomic E-state index is 8.91. The summed E-state index contributed by atoms with van der Waals surface area (Å²) in [5.74, 6) is 0. The fraction of sp³-hybridized carbons (Fsp3) is 0.316. The van der Waals surface area contributed by atoms with Crippen LogP contribution in [0.3, 0.4) is 0 Å². The van der Waals surface area contributed by atoms with Crippen molar-refractivity contribution in [1.29, 1.82) is 0 Å². The number of hydrogen-bond donors (Lipinski definition) is 4. The van der Waals surface area contributed by atoms with Crippen molar-refractivity contribution in [2.45, 2.75) is 11.3 Å². The quantitative estimate of drug-likeness (QED) is 0.239. The first kappa shape index (κ1) is 20.8. The molecular weight excluding hydrogens is 396 g/mol. The van der Waals surface area contributed by atoms with Gasteiger partial charge in [0.2, 0.25) is 0 Å². The molecule has 3 rings (SSSR count). The van der Waals surface area contributed by atoms with Crippen LogP contribution in [0.1, 0.15) is 11.1 Å². The number of benzene rings is 2. The first-order valence-corrected chi connectivity index (χ1v) is 9.93. The lowest BCUT2D eigenvalue weighted by Crippen LogP contribution is -2.47. The zero-order valence-electron chi connectivity index (χ0n) is 15.3. The molecule has 0 atom stereocenters. The number of rotatable bonds is 7. The van der Waals surface area contributed by atoms with Crippen LogP contribution in [0.2, 0.25) is 0 Å². The molecule has 0 saturated carbocycles. The Hall–Kier alpha value is -1.91. The molecule has 7 nitrogen and oxygen atoms in total. The van der Waals surface area contributed by atoms with E-state index in [-0.39, 0.29) is 15.6 Å². The SMILES string of the molecule is ON(O)c1ccc(CO/N=C/c2ccc(N3CCN(C(S)S)CC3)cc2)cc1. The predicted molar refractivity (Wildman–Crippen MR) is 117 cm³/mol. The van der Waals surface area contributed by atoms with Crippen molar-refractivity contribution >= 4 is 42.8 Å². The van der Waals surface area contributed by atoms with E-state index < -0.39 is 0 Å². The van der Waals surface area contributed by atoms with Crippen LogP contribution in [-0.2, 0) is 11.4 Å². The molecule has 0 spiro atoms. The minimum Gasteiger partial charge on any atom is -0.391 e. The van der Waals surface area contributed by atoms with Crippen molar-refractivity contribution in [2.24, 2.45) is 5.16 Å². The molecule has 9 heteroatoms. The summed E-state index contributed by atoms with van der Waals surface area (Å²) in [4.78, 5) is 9.89. The maximum atomic E-state index is 8.91. The van der Waals surface area contributed by atoms with Gasteiger partial charge in [0, 0.05) is 31.9 Å². The van der Waals surface area contributed by atoms with Crippen molar-refractivity contribution in [3.63, 3.8) is 0 Å². The number of thiol groups is 2. The highest BCUT2D eigenvalue weighted by Crippen LogP contribution is 2.19. The third-order valence-electron chi connectivity index (χ3n) is 4.57. The number of anilines is 2. The molecule has 1 heterocycles. The van der Waals surface area contributed by atoms with Crippen LogP contribution in [0, 0.1) is 0 Å². The Morgan fingerprint density at radius 3 is 2.21 bits per heavy atom. The highest BCUT2D eigenvalue weighted by molar-refractivity contribution is 7.99. The summed E-state index contributed by atoms with van der Waals surface area (Å²) >= 11 is 8.74. The number of piperazine rings is 1. The van der Waals surface area contributed by atoms with Gasteiger partial charge in [0.1, 0.15) is 6.61 Å². The highest BCUT2D eigenvalue weighted by Gasteiger charge is 2.19. The van der Waals surface area contributed by atoms with Gasteiger partial charge in [0.15, 0.2) is 0 Å². The van der Waals surface area contributed by atoms with Crippen LogP contribution in [-0.4, -0.2) is 52.4 Å². The average Bonchev–Trinajstić information content (AvgIpc) is 2.72. The van der Waals surface area contributed by atoms with Crippen molar-refractivity contribution in [1.82, 2.24) is 4.90 Å². The van der Waals surface area contributed by atoms with Crippen LogP contribution in [0.15, 0.2) is 53.7 Å². The molecule has 1 aliphatic heterocycles. The fourth-order valence-corrected chi connectivity index (χ4v) is 3.38. The standard InChI is InChI=1S/C19H24N4O3S2/c24-23(25)18-7-3-16(4-8-18)14-26-20-13-15-1-5-17(6-2-15)21-9-11-22(12-10-21)19(27)28/h1-8,13,19,24-25,27-28H,9-12,14H2/b20-13+. The molecule has 0 aliphatic carbocycles. The first-order chi connectivity index (χ1) is 13.5. The number of nitrogens with zero attached hydrogens (tertiary/aromatic N) is 4. The van der Waals surface area contributed by atoms with E-state index in [9.17, 15) is 0 Å². The van der Waals surface area contributed by atoms with E-state index in [0.717, 1.165) is 37.3 Å². The molecule has 0 aromatic heterocycles. The van der Waals surface area contributed by atoms with Crippen LogP contribution < -0.4 is 10.1 Å². The molecule has 2 aromatic carbocycles. The van der Waals surface area contributed by atoms with E-state index in [4.69, 9.17) is 15.3 Å². The summed E-state index contributed by atoms with van der Waals surface area (Å²) in [6.45, 7) is 4.11. The lowest BCUT2D eigenvalue weighted by molar-refractivity contribution is 0.0291. The third kappa shape index (κ3) is 5.79. The second-order valence-corrected chi connectivity index (χ2v) is 7.81. The summed E-state index contributed by atoms with van der Waals surface area (Å²) < 4.78 is -0.00211. The largest absolute Gasteiger partial charge is 0.391 e. The van der Waals surface area contributed by atoms with Gasteiger partial charge in [0.25, 0.3) is 0 Å². The van der Waals surface area contributed by atoms with Gasteiger partial charge in [-0.05, 0) is 35.4 Å². The summed E-state index contributed by atoms with van der Waals surface area (Å²) in [7, 11) is 0. The van der Waals surface area contributed by atoms with Crippen LogP contribution in [0.25, 0.3) is 0 Å². The molecular formula is C19H24N4O3S2. The van der Waals surface area contributed by atoms with Crippen LogP contribution >= 0.6 is 25.3 Å². The van der Waals surface area contributed by atoms with Gasteiger partial charge in [0.05, 0.1) is 16.6 Å². The minimum absolute atomic E-state index is 0.00211. The van der Waals surface area contributed by atoms with Gasteiger partial charge in [-0.3, -0.25) is 15.3 Å². The van der Waals surface area contributed by atoms with Gasteiger partial charge >= 0.3 is 0 Å². The predicted octanol–water partition coefficient (Wildman–Crippen LogP) is 3.09. The molecule has 1 aliphatic rings. The zero-order valence-corrected chi connectivity index (χ0v) is 17.1. The fourth-order valence-electron chi connectivity index (χ4n) is 2.92. The van der Waals surface area contributed by atoms with Gasteiger partial charge < -0.3 is 9.74 Å². The van der Waals surface area contributed by atoms with Gasteiger partial charge in [-0.1, -0.05) is 29.4 Å². The second kappa shape index (κ2) is 10.0. The Labute approximate surface area is 175 Å². The topological polar surface area (TPSA) is 71.8 Å². The Bertz CT molecular complexity index is 762. The van der Waals surface area contributed by atoms with E-state index in [1.165, 1.54) is 5.69 Å². The first-order valence-electron chi connectivity index (χ1n) is 8.90. The Morgan fingerprint density at radius 2 is 1.64 bits per heavy atom. The lowest BCUT2D eigenvalue weighted by atomic mass is 10.2. The maximum Gasteiger partial charge on any atom is 0.142 e. The summed E-state index contributed by atoms with van der Waals surface area (Å²) in [5, 5.41) is 21.9. The molecule has 28 heavy (non-hydrogen) atoms. The van der Waals surface area contributed by atoms with E-state index in [1.54, 1.807) is 30.5 Å². The van der Waals surface area contributed by atoms with Crippen LogP contribution in [0.5, 0.6) is 0 Å². The molecule has 2 aromatic rings. The molecule has 2 N–H and O–H groups in total. The number of oxime groups is 1. The van der Waals surface area contributed by atoms with Crippen molar-refractivity contribution in [3.05, 3.63) is 59.7 Å². The molecule has 0 bridgehead atoms. The molecule has 0 radical (unpaired) electrons. The molecule has 150 valence electrons. The van der Waals surface area contributed by atoms with Crippen molar-refractivity contribution in [3.8, 4) is 0 Å². The monoisotopic (exact) mass is 420 g/mol. The van der Waals surface area contributed by atoms with E-state index in [1.807, 2.05) is 12.1 Å². The van der Waals surface area contributed by atoms with E-state index in [2.05, 4.69) is 52.3 Å². The Balaban J connectivity index is 1.46. The van der Waals surface area contributed by atoms with Crippen molar-refractivity contribution in [2.75, 3.05) is 36.3 Å². The van der Waals surface area contributed by atoms with Gasteiger partial charge in [-0.25, -0.2) is 0 Å². The summed E-state index contributed by atoms with van der Waals surface area (Å²) in [5.41, 5.74) is 3.31. The zero-order chi connectivity index (χ0) is 19.9. The normalized spacial score (nSPS) is 15.4. The molecule has 1 saturated heterocycles. The van der Waals surface area contributed by atoms with E-state index in [0.29, 0.717) is 6.61 Å².